The van der Waals surface area contributed by atoms with E-state index in [1.54, 1.807) is 0 Å². The minimum atomic E-state index is 0.813. The number of fused-ring (bicyclic) bond motifs is 8. The third kappa shape index (κ3) is 5.56. The monoisotopic (exact) mass is 830 g/mol. The van der Waals surface area contributed by atoms with Crippen LogP contribution in [0.3, 0.4) is 0 Å². The SMILES string of the molecule is Brc1c(N(c2ccc3ccccc3c2)c2ccc3ccccc3c2)cc2oc3ccccc3c2c1-n1c2ccc(-c3ccccc3)cc2c2cc(-c3ccccc3)ccc21. The number of anilines is 3. The molecule has 0 unspecified atom stereocenters. The summed E-state index contributed by atoms with van der Waals surface area (Å²) in [6, 6.07) is 76.3. The number of rotatable bonds is 6. The molecule has 2 heterocycles. The highest BCUT2D eigenvalue weighted by molar-refractivity contribution is 9.10. The molecule has 0 aliphatic rings. The van der Waals surface area contributed by atoms with Gasteiger partial charge in [-0.2, -0.15) is 0 Å². The van der Waals surface area contributed by atoms with Gasteiger partial charge in [0.1, 0.15) is 11.2 Å². The quantitative estimate of drug-likeness (QED) is 0.166. The molecule has 60 heavy (non-hydrogen) atoms. The number of benzene rings is 10. The first-order valence-electron chi connectivity index (χ1n) is 20.3. The normalized spacial score (nSPS) is 11.8. The van der Waals surface area contributed by atoms with E-state index in [1.807, 2.05) is 6.07 Å². The molecule has 12 aromatic rings. The van der Waals surface area contributed by atoms with Gasteiger partial charge in [0.25, 0.3) is 0 Å². The fourth-order valence-corrected chi connectivity index (χ4v) is 9.81. The fourth-order valence-electron chi connectivity index (χ4n) is 9.14. The third-order valence-electron chi connectivity index (χ3n) is 12.0. The van der Waals surface area contributed by atoms with E-state index >= 15 is 0 Å². The van der Waals surface area contributed by atoms with Crippen LogP contribution in [0.2, 0.25) is 0 Å². The van der Waals surface area contributed by atoms with Crippen molar-refractivity contribution in [3.05, 3.63) is 217 Å². The van der Waals surface area contributed by atoms with Gasteiger partial charge in [-0.15, -0.1) is 0 Å². The molecule has 0 fully saturated rings. The van der Waals surface area contributed by atoms with Gasteiger partial charge in [0.2, 0.25) is 0 Å². The summed E-state index contributed by atoms with van der Waals surface area (Å²) in [5.41, 5.74) is 12.7. The van der Waals surface area contributed by atoms with E-state index in [9.17, 15) is 0 Å². The van der Waals surface area contributed by atoms with Crippen molar-refractivity contribution >= 4 is 98.3 Å². The Labute approximate surface area is 355 Å². The van der Waals surface area contributed by atoms with Gasteiger partial charge in [0.05, 0.1) is 32.3 Å². The third-order valence-corrected chi connectivity index (χ3v) is 12.8. The lowest BCUT2D eigenvalue weighted by molar-refractivity contribution is 0.669. The Morgan fingerprint density at radius 2 is 0.883 bits per heavy atom. The van der Waals surface area contributed by atoms with Gasteiger partial charge in [0, 0.05) is 33.6 Å². The van der Waals surface area contributed by atoms with E-state index in [2.05, 4.69) is 232 Å². The van der Waals surface area contributed by atoms with E-state index < -0.39 is 0 Å². The summed E-state index contributed by atoms with van der Waals surface area (Å²) >= 11 is 4.36. The Kier molecular flexibility index (Phi) is 8.00. The van der Waals surface area contributed by atoms with Crippen molar-refractivity contribution < 1.29 is 4.42 Å². The minimum absolute atomic E-state index is 0.813. The summed E-state index contributed by atoms with van der Waals surface area (Å²) in [7, 11) is 0. The van der Waals surface area contributed by atoms with Gasteiger partial charge in [-0.3, -0.25) is 0 Å². The number of aromatic nitrogens is 1. The van der Waals surface area contributed by atoms with Crippen LogP contribution in [0.1, 0.15) is 0 Å². The molecule has 0 saturated heterocycles. The first-order chi connectivity index (χ1) is 29.7. The van der Waals surface area contributed by atoms with Gasteiger partial charge in [-0.25, -0.2) is 0 Å². The Bertz CT molecular complexity index is 3450. The van der Waals surface area contributed by atoms with E-state index in [-0.39, 0.29) is 0 Å². The van der Waals surface area contributed by atoms with Crippen LogP contribution in [0.15, 0.2) is 221 Å². The van der Waals surface area contributed by atoms with Crippen LogP contribution in [0.25, 0.3) is 93.2 Å². The van der Waals surface area contributed by atoms with Gasteiger partial charge < -0.3 is 13.9 Å². The lowest BCUT2D eigenvalue weighted by atomic mass is 10.0. The summed E-state index contributed by atoms with van der Waals surface area (Å²) in [6.45, 7) is 0. The molecular formula is C56H35BrN2O. The average Bonchev–Trinajstić information content (AvgIpc) is 3.84. The lowest BCUT2D eigenvalue weighted by Gasteiger charge is -2.28. The summed E-state index contributed by atoms with van der Waals surface area (Å²) in [5, 5.41) is 9.22. The van der Waals surface area contributed by atoms with E-state index in [4.69, 9.17) is 4.42 Å². The molecule has 0 atom stereocenters. The second-order valence-corrected chi connectivity index (χ2v) is 16.3. The van der Waals surface area contributed by atoms with E-state index in [1.165, 1.54) is 54.6 Å². The number of para-hydroxylation sites is 1. The summed E-state index contributed by atoms with van der Waals surface area (Å²) in [4.78, 5) is 2.37. The zero-order valence-electron chi connectivity index (χ0n) is 32.4. The van der Waals surface area contributed by atoms with Crippen molar-refractivity contribution in [2.24, 2.45) is 0 Å². The predicted molar refractivity (Wildman–Crippen MR) is 256 cm³/mol. The number of nitrogens with zero attached hydrogens (tertiary/aromatic N) is 2. The Hall–Kier alpha value is -7.40. The first-order valence-corrected chi connectivity index (χ1v) is 21.1. The molecule has 4 heteroatoms. The summed E-state index contributed by atoms with van der Waals surface area (Å²) in [5.74, 6) is 0. The number of hydrogen-bond acceptors (Lipinski definition) is 2. The topological polar surface area (TPSA) is 21.3 Å². The average molecular weight is 832 g/mol. The molecule has 3 nitrogen and oxygen atoms in total. The van der Waals surface area contributed by atoms with Crippen LogP contribution < -0.4 is 4.90 Å². The second-order valence-electron chi connectivity index (χ2n) is 15.5. The predicted octanol–water partition coefficient (Wildman–Crippen LogP) is 16.6. The molecular weight excluding hydrogens is 797 g/mol. The maximum atomic E-state index is 6.87. The molecule has 0 radical (unpaired) electrons. The van der Waals surface area contributed by atoms with Crippen molar-refractivity contribution in [2.45, 2.75) is 0 Å². The zero-order valence-corrected chi connectivity index (χ0v) is 34.0. The minimum Gasteiger partial charge on any atom is -0.456 e. The van der Waals surface area contributed by atoms with Gasteiger partial charge in [-0.05, 0) is 114 Å². The molecule has 12 rings (SSSR count). The standard InChI is InChI=1S/C56H35BrN2O/c57-55-51(58(44-27-23-38-17-7-9-19-40(38)31-44)45-28-24-39-18-8-10-20-41(39)32-45)35-53-54(46-21-11-12-22-52(46)60-53)56(55)59-49-29-25-42(36-13-3-1-4-14-36)33-47(49)48-34-43(26-30-50(48)59)37-15-5-2-6-16-37/h1-35H. The smallest absolute Gasteiger partial charge is 0.139 e. The molecule has 10 aromatic carbocycles. The molecule has 0 aliphatic carbocycles. The van der Waals surface area contributed by atoms with Crippen molar-refractivity contribution in [3.63, 3.8) is 0 Å². The molecule has 0 saturated carbocycles. The highest BCUT2D eigenvalue weighted by atomic mass is 79.9. The molecule has 0 N–H and O–H groups in total. The lowest BCUT2D eigenvalue weighted by Crippen LogP contribution is -2.12. The van der Waals surface area contributed by atoms with Gasteiger partial charge >= 0.3 is 0 Å². The largest absolute Gasteiger partial charge is 0.456 e. The van der Waals surface area contributed by atoms with Crippen molar-refractivity contribution in [1.29, 1.82) is 0 Å². The molecule has 0 bridgehead atoms. The zero-order chi connectivity index (χ0) is 39.7. The molecule has 0 spiro atoms. The molecule has 0 amide bonds. The molecule has 0 aliphatic heterocycles. The van der Waals surface area contributed by atoms with Crippen LogP contribution >= 0.6 is 15.9 Å². The number of halogens is 1. The number of hydrogen-bond donors (Lipinski definition) is 0. The van der Waals surface area contributed by atoms with Crippen LogP contribution in [0.5, 0.6) is 0 Å². The Morgan fingerprint density at radius 3 is 1.45 bits per heavy atom. The first kappa shape index (κ1) is 34.6. The van der Waals surface area contributed by atoms with E-state index in [0.29, 0.717) is 0 Å². The summed E-state index contributed by atoms with van der Waals surface area (Å²) in [6.07, 6.45) is 0. The maximum absolute atomic E-state index is 6.87. The van der Waals surface area contributed by atoms with Crippen LogP contribution in [-0.4, -0.2) is 4.57 Å². The van der Waals surface area contributed by atoms with Crippen LogP contribution in [-0.2, 0) is 0 Å². The van der Waals surface area contributed by atoms with Crippen molar-refractivity contribution in [3.8, 4) is 27.9 Å². The van der Waals surface area contributed by atoms with Crippen LogP contribution in [0, 0.1) is 0 Å². The molecule has 282 valence electrons. The highest BCUT2D eigenvalue weighted by Crippen LogP contribution is 2.50. The van der Waals surface area contributed by atoms with E-state index in [0.717, 1.165) is 60.2 Å². The maximum Gasteiger partial charge on any atom is 0.139 e. The van der Waals surface area contributed by atoms with Gasteiger partial charge in [0.15, 0.2) is 0 Å². The fraction of sp³-hybridized carbons (Fsp3) is 0. The van der Waals surface area contributed by atoms with Crippen molar-refractivity contribution in [2.75, 3.05) is 4.90 Å². The Morgan fingerprint density at radius 1 is 0.383 bits per heavy atom. The highest BCUT2D eigenvalue weighted by Gasteiger charge is 2.27. The van der Waals surface area contributed by atoms with Gasteiger partial charge in [-0.1, -0.05) is 152 Å². The second kappa shape index (κ2) is 13.9. The van der Waals surface area contributed by atoms with Crippen LogP contribution in [0.4, 0.5) is 17.1 Å². The van der Waals surface area contributed by atoms with Crippen molar-refractivity contribution in [1.82, 2.24) is 4.57 Å². The Balaban J connectivity index is 1.20. The molecule has 2 aromatic heterocycles. The summed E-state index contributed by atoms with van der Waals surface area (Å²) < 4.78 is 10.3. The number of furan rings is 1.